The minimum Gasteiger partial charge on any atom is -0.480 e. The fourth-order valence-corrected chi connectivity index (χ4v) is 9.68. The van der Waals surface area contributed by atoms with Gasteiger partial charge >= 0.3 is 5.97 Å². The Bertz CT molecular complexity index is 1360. The molecule has 1 aromatic heterocycles. The van der Waals surface area contributed by atoms with Crippen LogP contribution in [0, 0.1) is 17.8 Å². The standard InChI is InChI=1S/C33H44N4O4/c1-20(38)13-23-19-35(30(23)33(40)41)31-32(39)37(29-12-5-4-11-28(29)34-31)27-17-24-9-6-10-25(18-27)36(24)26-15-21-7-2-3-8-22(14-21)16-26/h4-5,11-12,21-27,30H,2-3,6-10,13-19H2,1H3,(H,40,41)/t21-,22+,23-,24-,25+,26?,27?,30+/m1/s1. The van der Waals surface area contributed by atoms with Gasteiger partial charge in [0.2, 0.25) is 0 Å². The number of hydrogen-bond acceptors (Lipinski definition) is 6. The van der Waals surface area contributed by atoms with Gasteiger partial charge < -0.3 is 19.4 Å². The smallest absolute Gasteiger partial charge is 0.326 e. The molecule has 5 fully saturated rings. The van der Waals surface area contributed by atoms with Gasteiger partial charge in [0.1, 0.15) is 11.8 Å². The Morgan fingerprint density at radius 1 is 0.878 bits per heavy atom. The van der Waals surface area contributed by atoms with Crippen LogP contribution in [0.1, 0.15) is 96.4 Å². The van der Waals surface area contributed by atoms with Crippen molar-refractivity contribution in [1.29, 1.82) is 0 Å². The summed E-state index contributed by atoms with van der Waals surface area (Å²) >= 11 is 0. The number of nitrogens with zero attached hydrogens (tertiary/aromatic N) is 4. The van der Waals surface area contributed by atoms with Gasteiger partial charge in [-0.1, -0.05) is 44.2 Å². The van der Waals surface area contributed by atoms with Crippen molar-refractivity contribution < 1.29 is 14.7 Å². The highest BCUT2D eigenvalue weighted by molar-refractivity contribution is 5.84. The van der Waals surface area contributed by atoms with E-state index in [-0.39, 0.29) is 35.5 Å². The number of rotatable bonds is 6. The number of Topliss-reactive ketones (excluding diaryl/α,β-unsaturated/α-hetero) is 1. The Hall–Kier alpha value is -2.74. The van der Waals surface area contributed by atoms with Crippen LogP contribution in [0.5, 0.6) is 0 Å². The second kappa shape index (κ2) is 10.8. The largest absolute Gasteiger partial charge is 0.480 e. The Morgan fingerprint density at radius 2 is 1.56 bits per heavy atom. The number of carboxylic acid groups (broad SMARTS) is 1. The fourth-order valence-electron chi connectivity index (χ4n) is 9.68. The minimum absolute atomic E-state index is 0.0275. The van der Waals surface area contributed by atoms with Gasteiger partial charge in [-0.3, -0.25) is 9.69 Å². The maximum atomic E-state index is 14.3. The molecule has 3 saturated heterocycles. The Balaban J connectivity index is 1.21. The van der Waals surface area contributed by atoms with Gasteiger partial charge in [0.15, 0.2) is 5.82 Å². The monoisotopic (exact) mass is 560 g/mol. The Morgan fingerprint density at radius 3 is 2.22 bits per heavy atom. The molecule has 220 valence electrons. The summed E-state index contributed by atoms with van der Waals surface area (Å²) in [4.78, 5) is 47.6. The topological polar surface area (TPSA) is 95.7 Å². The molecule has 4 heterocycles. The van der Waals surface area contributed by atoms with E-state index >= 15 is 0 Å². The van der Waals surface area contributed by atoms with Gasteiger partial charge in [-0.25, -0.2) is 9.78 Å². The van der Waals surface area contributed by atoms with Crippen molar-refractivity contribution in [3.8, 4) is 0 Å². The third-order valence-electron chi connectivity index (χ3n) is 11.2. The summed E-state index contributed by atoms with van der Waals surface area (Å²) in [5, 5.41) is 10.0. The summed E-state index contributed by atoms with van der Waals surface area (Å²) in [7, 11) is 0. The van der Waals surface area contributed by atoms with E-state index in [4.69, 9.17) is 4.98 Å². The van der Waals surface area contributed by atoms with E-state index < -0.39 is 12.0 Å². The molecule has 41 heavy (non-hydrogen) atoms. The van der Waals surface area contributed by atoms with E-state index in [1.165, 1.54) is 71.1 Å². The van der Waals surface area contributed by atoms with Crippen molar-refractivity contribution in [2.24, 2.45) is 17.8 Å². The second-order valence-electron chi connectivity index (χ2n) is 13.9. The molecule has 2 unspecified atom stereocenters. The minimum atomic E-state index is -1.00. The highest BCUT2D eigenvalue weighted by Crippen LogP contribution is 2.47. The Kier molecular flexibility index (Phi) is 7.16. The van der Waals surface area contributed by atoms with E-state index in [9.17, 15) is 19.5 Å². The molecule has 2 aromatic rings. The van der Waals surface area contributed by atoms with Crippen molar-refractivity contribution in [1.82, 2.24) is 14.5 Å². The van der Waals surface area contributed by atoms with Gasteiger partial charge in [0.25, 0.3) is 5.56 Å². The molecule has 2 saturated carbocycles. The number of aromatic nitrogens is 2. The predicted molar refractivity (Wildman–Crippen MR) is 158 cm³/mol. The van der Waals surface area contributed by atoms with E-state index in [0.717, 1.165) is 35.7 Å². The summed E-state index contributed by atoms with van der Waals surface area (Å²) in [5.74, 6) is 0.673. The SMILES string of the molecule is CC(=O)C[C@@H]1CN(c2nc3ccccc3n(C3C[C@H]4CCC[C@@H](C3)N4C3C[C@H]4CCCC[C@@H](C3)C4)c2=O)[C@@H]1C(=O)O. The van der Waals surface area contributed by atoms with Gasteiger partial charge in [-0.05, 0) is 75.8 Å². The molecule has 4 bridgehead atoms. The highest BCUT2D eigenvalue weighted by atomic mass is 16.4. The zero-order valence-corrected chi connectivity index (χ0v) is 24.3. The molecule has 1 aromatic carbocycles. The number of anilines is 1. The van der Waals surface area contributed by atoms with Crippen LogP contribution in [0.3, 0.4) is 0 Å². The summed E-state index contributed by atoms with van der Waals surface area (Å²) in [5.41, 5.74) is 1.38. The van der Waals surface area contributed by atoms with Crippen LogP contribution in [0.15, 0.2) is 29.1 Å². The summed E-state index contributed by atoms with van der Waals surface area (Å²) in [6.45, 7) is 1.86. The van der Waals surface area contributed by atoms with E-state index in [2.05, 4.69) is 4.90 Å². The number of hydrogen-bond donors (Lipinski definition) is 1. The van der Waals surface area contributed by atoms with Crippen LogP contribution in [0.25, 0.3) is 11.0 Å². The van der Waals surface area contributed by atoms with Crippen LogP contribution in [-0.4, -0.2) is 62.0 Å². The van der Waals surface area contributed by atoms with E-state index in [1.807, 2.05) is 28.8 Å². The molecule has 7 rings (SSSR count). The zero-order chi connectivity index (χ0) is 28.2. The first-order valence-corrected chi connectivity index (χ1v) is 16.1. The summed E-state index contributed by atoms with van der Waals surface area (Å²) < 4.78 is 1.97. The number of fused-ring (bicyclic) bond motifs is 5. The van der Waals surface area contributed by atoms with Gasteiger partial charge in [-0.15, -0.1) is 0 Å². The maximum Gasteiger partial charge on any atom is 0.326 e. The molecule has 0 spiro atoms. The van der Waals surface area contributed by atoms with Crippen LogP contribution >= 0.6 is 0 Å². The van der Waals surface area contributed by atoms with Crippen molar-refractivity contribution in [2.75, 3.05) is 11.4 Å². The third kappa shape index (κ3) is 4.90. The lowest BCUT2D eigenvalue weighted by molar-refractivity contribution is -0.142. The fraction of sp³-hybridized carbons (Fsp3) is 0.697. The van der Waals surface area contributed by atoms with Crippen LogP contribution < -0.4 is 10.5 Å². The zero-order valence-electron chi connectivity index (χ0n) is 24.3. The first-order chi connectivity index (χ1) is 19.9. The number of aliphatic carboxylic acids is 1. The lowest BCUT2D eigenvalue weighted by atomic mass is 9.73. The Labute approximate surface area is 242 Å². The number of para-hydroxylation sites is 2. The summed E-state index contributed by atoms with van der Waals surface area (Å²) in [6.07, 6.45) is 15.5. The quantitative estimate of drug-likeness (QED) is 0.520. The van der Waals surface area contributed by atoms with Gasteiger partial charge in [-0.2, -0.15) is 0 Å². The van der Waals surface area contributed by atoms with Crippen LogP contribution in [0.2, 0.25) is 0 Å². The van der Waals surface area contributed by atoms with Crippen molar-refractivity contribution in [3.05, 3.63) is 34.6 Å². The molecule has 8 heteroatoms. The van der Waals surface area contributed by atoms with Crippen molar-refractivity contribution in [2.45, 2.75) is 121 Å². The molecule has 1 N–H and O–H groups in total. The van der Waals surface area contributed by atoms with Gasteiger partial charge in [0.05, 0.1) is 11.0 Å². The first kappa shape index (κ1) is 27.1. The number of benzene rings is 1. The predicted octanol–water partition coefficient (Wildman–Crippen LogP) is 5.18. The second-order valence-corrected chi connectivity index (χ2v) is 13.9. The molecule has 8 atom stereocenters. The number of carboxylic acids is 1. The van der Waals surface area contributed by atoms with Crippen LogP contribution in [0.4, 0.5) is 5.82 Å². The number of carbonyl (C=O) groups is 2. The molecule has 2 aliphatic carbocycles. The molecule has 0 radical (unpaired) electrons. The lowest BCUT2D eigenvalue weighted by Crippen LogP contribution is -2.63. The van der Waals surface area contributed by atoms with E-state index in [0.29, 0.717) is 24.7 Å². The number of piperidine rings is 2. The highest BCUT2D eigenvalue weighted by Gasteiger charge is 2.48. The number of ketones is 1. The molecule has 5 aliphatic rings. The average Bonchev–Trinajstić information content (AvgIpc) is 3.08. The van der Waals surface area contributed by atoms with Gasteiger partial charge in [0, 0.05) is 43.1 Å². The first-order valence-electron chi connectivity index (χ1n) is 16.1. The maximum absolute atomic E-state index is 14.3. The average molecular weight is 561 g/mol. The van der Waals surface area contributed by atoms with Crippen LogP contribution in [-0.2, 0) is 9.59 Å². The molecule has 0 amide bonds. The molecular formula is C33H44N4O4. The molecule has 3 aliphatic heterocycles. The molecular weight excluding hydrogens is 516 g/mol. The summed E-state index contributed by atoms with van der Waals surface area (Å²) in [6, 6.07) is 8.66. The lowest BCUT2D eigenvalue weighted by Gasteiger charge is -2.54. The number of carbonyl (C=O) groups excluding carboxylic acids is 1. The normalized spacial score (nSPS) is 35.5. The van der Waals surface area contributed by atoms with E-state index in [1.54, 1.807) is 4.90 Å². The van der Waals surface area contributed by atoms with Crippen molar-refractivity contribution in [3.63, 3.8) is 0 Å². The third-order valence-corrected chi connectivity index (χ3v) is 11.2. The molecule has 8 nitrogen and oxygen atoms in total. The van der Waals surface area contributed by atoms with Crippen molar-refractivity contribution >= 4 is 28.6 Å².